The van der Waals surface area contributed by atoms with Crippen LogP contribution in [0.2, 0.25) is 5.02 Å². The van der Waals surface area contributed by atoms with E-state index in [0.29, 0.717) is 30.8 Å². The second-order valence-corrected chi connectivity index (χ2v) is 11.2. The first-order chi connectivity index (χ1) is 18.2. The molecule has 1 amide bonds. The van der Waals surface area contributed by atoms with Crippen LogP contribution in [0.4, 0.5) is 0 Å². The number of aliphatic hydroxyl groups excluding tert-OH is 2. The number of Topliss-reactive ketones (excluding diaryl/α,β-unsaturated/α-hetero) is 2. The molecule has 0 bridgehead atoms. The number of aliphatic hydroxyl groups is 3. The number of hydrogen-bond donors (Lipinski definition) is 6. The Balaban J connectivity index is 1.76. The van der Waals surface area contributed by atoms with Crippen LogP contribution in [0.25, 0.3) is 0 Å². The summed E-state index contributed by atoms with van der Waals surface area (Å²) in [6.45, 7) is 5.19. The van der Waals surface area contributed by atoms with E-state index in [1.807, 2.05) is 13.8 Å². The van der Waals surface area contributed by atoms with E-state index < -0.39 is 58.0 Å². The van der Waals surface area contributed by atoms with E-state index in [4.69, 9.17) is 22.1 Å². The lowest BCUT2D eigenvalue weighted by atomic mass is 9.58. The predicted octanol–water partition coefficient (Wildman–Crippen LogP) is 1.29. The molecule has 0 saturated heterocycles. The molecule has 0 unspecified atom stereocenters. The summed E-state index contributed by atoms with van der Waals surface area (Å²) in [5, 5.41) is 48.1. The third-order valence-corrected chi connectivity index (χ3v) is 8.25. The number of primary amides is 1. The number of ether oxygens (including phenoxy) is 1. The lowest BCUT2D eigenvalue weighted by Crippen LogP contribution is -2.63. The third kappa shape index (κ3) is 4.62. The number of fused-ring (bicyclic) bond motifs is 3. The van der Waals surface area contributed by atoms with E-state index in [0.717, 1.165) is 0 Å². The maximum atomic E-state index is 13.7. The molecule has 0 fully saturated rings. The van der Waals surface area contributed by atoms with Gasteiger partial charge in [0.25, 0.3) is 5.91 Å². The van der Waals surface area contributed by atoms with Gasteiger partial charge in [-0.3, -0.25) is 19.3 Å². The predicted molar refractivity (Wildman–Crippen MR) is 141 cm³/mol. The number of halogens is 1. The number of allylic oxidation sites excluding steroid dienone is 1. The fourth-order valence-corrected chi connectivity index (χ4v) is 6.37. The summed E-state index contributed by atoms with van der Waals surface area (Å²) < 4.78 is 5.51. The van der Waals surface area contributed by atoms with Crippen LogP contribution in [0.3, 0.4) is 0 Å². The van der Waals surface area contributed by atoms with Gasteiger partial charge >= 0.3 is 0 Å². The number of amides is 1. The Hall–Kier alpha value is -2.96. The van der Waals surface area contributed by atoms with Gasteiger partial charge in [0.15, 0.2) is 11.4 Å². The van der Waals surface area contributed by atoms with E-state index in [9.17, 15) is 34.8 Å². The number of rotatable bonds is 8. The number of nitrogens with one attached hydrogen (secondary N) is 1. The van der Waals surface area contributed by atoms with E-state index in [2.05, 4.69) is 5.32 Å². The molecule has 3 aliphatic carbocycles. The highest BCUT2D eigenvalue weighted by Gasteiger charge is 2.63. The van der Waals surface area contributed by atoms with Crippen LogP contribution in [0.15, 0.2) is 28.7 Å². The maximum absolute atomic E-state index is 13.7. The number of phenolic OH excluding ortho intramolecular Hbond substituents is 1. The largest absolute Gasteiger partial charge is 0.510 e. The number of hydrogen-bond acceptors (Lipinski definition) is 10. The molecule has 0 saturated carbocycles. The van der Waals surface area contributed by atoms with Crippen molar-refractivity contribution in [2.75, 3.05) is 27.2 Å². The molecule has 212 valence electrons. The van der Waals surface area contributed by atoms with Gasteiger partial charge in [0.1, 0.15) is 22.8 Å². The smallest absolute Gasteiger partial charge is 0.255 e. The lowest BCUT2D eigenvalue weighted by Gasteiger charge is -2.50. The average Bonchev–Trinajstić information content (AvgIpc) is 2.83. The SMILES string of the molecule is CC(C)OCCNCc1cc(O)c2c(c1Cl)C[C@H]1C[C@H]3[C@H](N(C)C)C(O)=C(C(N)=O)C(=O)[C@@]3(O)C(O)=C1C2=O. The highest BCUT2D eigenvalue weighted by Crippen LogP contribution is 2.53. The normalized spacial score (nSPS) is 26.7. The molecule has 11 nitrogen and oxygen atoms in total. The molecule has 1 aromatic carbocycles. The summed E-state index contributed by atoms with van der Waals surface area (Å²) in [5.74, 6) is -6.97. The highest BCUT2D eigenvalue weighted by molar-refractivity contribution is 6.33. The first-order valence-electron chi connectivity index (χ1n) is 12.7. The zero-order valence-corrected chi connectivity index (χ0v) is 23.0. The monoisotopic (exact) mass is 563 g/mol. The van der Waals surface area contributed by atoms with Gasteiger partial charge in [-0.2, -0.15) is 0 Å². The van der Waals surface area contributed by atoms with Crippen molar-refractivity contribution in [3.8, 4) is 5.75 Å². The van der Waals surface area contributed by atoms with Crippen LogP contribution in [-0.2, 0) is 27.3 Å². The van der Waals surface area contributed by atoms with Crippen molar-refractivity contribution >= 4 is 29.1 Å². The van der Waals surface area contributed by atoms with Gasteiger partial charge in [0.2, 0.25) is 5.78 Å². The molecule has 12 heteroatoms. The molecular weight excluding hydrogens is 530 g/mol. The number of likely N-dealkylation sites (N-methyl/N-ethyl adjacent to an activating group) is 1. The summed E-state index contributed by atoms with van der Waals surface area (Å²) in [5.41, 5.74) is 2.45. The summed E-state index contributed by atoms with van der Waals surface area (Å²) in [6.07, 6.45) is 0.218. The molecule has 39 heavy (non-hydrogen) atoms. The Morgan fingerprint density at radius 2 is 1.95 bits per heavy atom. The Morgan fingerprint density at radius 3 is 2.54 bits per heavy atom. The standard InChI is InChI=1S/C27H34ClN3O8/c1-11(2)39-6-5-30-10-13-9-16(32)18-14(20(13)28)7-12-8-15-21(31(3)4)23(34)19(26(29)37)25(36)27(15,38)24(35)17(12)22(18)33/h9,11-12,15,21,30,32,34-35,38H,5-8,10H2,1-4H3,(H2,29,37)/t12-,15-,21-,27-/m0/s1. The minimum absolute atomic E-state index is 0.00211. The number of ketones is 2. The Bertz CT molecular complexity index is 1300. The molecule has 0 heterocycles. The fraction of sp³-hybridized carbons (Fsp3) is 0.519. The molecule has 0 radical (unpaired) electrons. The van der Waals surface area contributed by atoms with Crippen molar-refractivity contribution < 1.29 is 39.5 Å². The lowest BCUT2D eigenvalue weighted by molar-refractivity contribution is -0.148. The highest BCUT2D eigenvalue weighted by atomic mass is 35.5. The van der Waals surface area contributed by atoms with Crippen LogP contribution < -0.4 is 11.1 Å². The molecule has 0 aliphatic heterocycles. The number of carbonyl (C=O) groups excluding carboxylic acids is 3. The molecule has 3 aliphatic rings. The van der Waals surface area contributed by atoms with Gasteiger partial charge in [-0.25, -0.2) is 0 Å². The summed E-state index contributed by atoms with van der Waals surface area (Å²) >= 11 is 6.72. The minimum atomic E-state index is -2.67. The average molecular weight is 564 g/mol. The zero-order chi connectivity index (χ0) is 29.0. The molecule has 0 aromatic heterocycles. The van der Waals surface area contributed by atoms with Crippen molar-refractivity contribution in [1.82, 2.24) is 10.2 Å². The van der Waals surface area contributed by atoms with E-state index >= 15 is 0 Å². The molecule has 4 atom stereocenters. The molecule has 4 rings (SSSR count). The van der Waals surface area contributed by atoms with Gasteiger partial charge < -0.3 is 36.2 Å². The van der Waals surface area contributed by atoms with E-state index in [1.165, 1.54) is 11.0 Å². The number of carbonyl (C=O) groups is 3. The molecule has 7 N–H and O–H groups in total. The van der Waals surface area contributed by atoms with E-state index in [-0.39, 0.29) is 40.9 Å². The molecule has 0 spiro atoms. The van der Waals surface area contributed by atoms with Crippen LogP contribution in [-0.4, -0.2) is 87.8 Å². The summed E-state index contributed by atoms with van der Waals surface area (Å²) in [6, 6.07) is 0.316. The maximum Gasteiger partial charge on any atom is 0.255 e. The Labute approximate surface area is 230 Å². The van der Waals surface area contributed by atoms with E-state index in [1.54, 1.807) is 14.1 Å². The second-order valence-electron chi connectivity index (χ2n) is 10.8. The first kappa shape index (κ1) is 29.0. The van der Waals surface area contributed by atoms with Crippen molar-refractivity contribution in [2.45, 2.75) is 51.0 Å². The van der Waals surface area contributed by atoms with Crippen molar-refractivity contribution in [2.24, 2.45) is 17.6 Å². The fourth-order valence-electron chi connectivity index (χ4n) is 6.07. The van der Waals surface area contributed by atoms with Crippen LogP contribution in [0.5, 0.6) is 5.75 Å². The second kappa shape index (κ2) is 10.5. The van der Waals surface area contributed by atoms with Crippen LogP contribution >= 0.6 is 11.6 Å². The number of phenols is 1. The zero-order valence-electron chi connectivity index (χ0n) is 22.2. The van der Waals surface area contributed by atoms with Crippen molar-refractivity contribution in [1.29, 1.82) is 0 Å². The topological polar surface area (TPSA) is 183 Å². The van der Waals surface area contributed by atoms with Crippen molar-refractivity contribution in [3.05, 3.63) is 50.4 Å². The third-order valence-electron chi connectivity index (χ3n) is 7.78. The van der Waals surface area contributed by atoms with Gasteiger partial charge in [-0.05, 0) is 63.9 Å². The minimum Gasteiger partial charge on any atom is -0.510 e. The van der Waals surface area contributed by atoms with Gasteiger partial charge in [0, 0.05) is 29.6 Å². The summed E-state index contributed by atoms with van der Waals surface area (Å²) in [7, 11) is 3.15. The van der Waals surface area contributed by atoms with Gasteiger partial charge in [-0.1, -0.05) is 11.6 Å². The number of benzene rings is 1. The van der Waals surface area contributed by atoms with Crippen LogP contribution in [0, 0.1) is 11.8 Å². The summed E-state index contributed by atoms with van der Waals surface area (Å²) in [4.78, 5) is 40.5. The number of aromatic hydroxyl groups is 1. The Kier molecular flexibility index (Phi) is 7.85. The number of nitrogens with two attached hydrogens (primary N) is 1. The molecular formula is C27H34ClN3O8. The first-order valence-corrected chi connectivity index (χ1v) is 13.1. The number of nitrogens with zero attached hydrogens (tertiary/aromatic N) is 1. The van der Waals surface area contributed by atoms with Crippen molar-refractivity contribution in [3.63, 3.8) is 0 Å². The Morgan fingerprint density at radius 1 is 1.28 bits per heavy atom. The van der Waals surface area contributed by atoms with Gasteiger partial charge in [-0.15, -0.1) is 0 Å². The molecule has 1 aromatic rings. The quantitative estimate of drug-likeness (QED) is 0.199. The van der Waals surface area contributed by atoms with Gasteiger partial charge in [0.05, 0.1) is 24.3 Å². The van der Waals surface area contributed by atoms with Crippen LogP contribution in [0.1, 0.15) is 41.8 Å².